The van der Waals surface area contributed by atoms with Crippen molar-refractivity contribution in [3.63, 3.8) is 0 Å². The highest BCUT2D eigenvalue weighted by atomic mass is 32.2. The first kappa shape index (κ1) is 20.7. The number of hydrogen-bond acceptors (Lipinski definition) is 7. The van der Waals surface area contributed by atoms with E-state index in [4.69, 9.17) is 0 Å². The lowest BCUT2D eigenvalue weighted by Gasteiger charge is -2.16. The monoisotopic (exact) mass is 438 g/mol. The van der Waals surface area contributed by atoms with Gasteiger partial charge in [-0.3, -0.25) is 4.79 Å². The smallest absolute Gasteiger partial charge is 0.261 e. The molecule has 3 rings (SSSR count). The number of thiophene rings is 1. The summed E-state index contributed by atoms with van der Waals surface area (Å²) in [7, 11) is -2.09. The van der Waals surface area contributed by atoms with E-state index in [-0.39, 0.29) is 10.8 Å². The second-order valence-electron chi connectivity index (χ2n) is 5.98. The van der Waals surface area contributed by atoms with Gasteiger partial charge in [0.05, 0.1) is 14.5 Å². The molecule has 2 aromatic heterocycles. The minimum Gasteiger partial charge on any atom is -0.349 e. The van der Waals surface area contributed by atoms with E-state index in [1.807, 2.05) is 6.07 Å². The third-order valence-corrected chi connectivity index (χ3v) is 7.94. The van der Waals surface area contributed by atoms with E-state index < -0.39 is 10.0 Å². The second-order valence-corrected chi connectivity index (χ2v) is 9.91. The molecule has 0 atom stereocenters. The Labute approximate surface area is 172 Å². The number of fused-ring (bicyclic) bond motifs is 1. The van der Waals surface area contributed by atoms with Gasteiger partial charge in [-0.1, -0.05) is 23.5 Å². The van der Waals surface area contributed by atoms with Crippen LogP contribution in [0.25, 0.3) is 9.53 Å². The molecule has 2 heterocycles. The number of rotatable bonds is 8. The zero-order chi connectivity index (χ0) is 20.3. The number of carbonyl (C=O) groups excluding carboxylic acids is 1. The molecule has 0 aliphatic rings. The number of aromatic nitrogens is 1. The van der Waals surface area contributed by atoms with Crippen LogP contribution in [0, 0.1) is 0 Å². The number of nitrogens with one attached hydrogen (secondary N) is 2. The van der Waals surface area contributed by atoms with Gasteiger partial charge in [-0.2, -0.15) is 0 Å². The predicted molar refractivity (Wildman–Crippen MR) is 115 cm³/mol. The van der Waals surface area contributed by atoms with Crippen molar-refractivity contribution in [2.45, 2.75) is 25.3 Å². The van der Waals surface area contributed by atoms with Crippen LogP contribution >= 0.6 is 22.7 Å². The van der Waals surface area contributed by atoms with Crippen LogP contribution in [-0.4, -0.2) is 39.4 Å². The molecular formula is C18H22N4O3S3. The first-order valence-corrected chi connectivity index (χ1v) is 12.0. The summed E-state index contributed by atoms with van der Waals surface area (Å²) in [5.74, 6) is -0.161. The van der Waals surface area contributed by atoms with Crippen molar-refractivity contribution >= 4 is 53.3 Å². The lowest BCUT2D eigenvalue weighted by atomic mass is 10.2. The molecule has 0 fully saturated rings. The largest absolute Gasteiger partial charge is 0.349 e. The average molecular weight is 439 g/mol. The van der Waals surface area contributed by atoms with Crippen molar-refractivity contribution in [1.29, 1.82) is 0 Å². The van der Waals surface area contributed by atoms with E-state index in [1.165, 1.54) is 30.5 Å². The normalized spacial score (nSPS) is 11.7. The van der Waals surface area contributed by atoms with Gasteiger partial charge in [-0.15, -0.1) is 11.3 Å². The molecule has 3 aromatic rings. The van der Waals surface area contributed by atoms with E-state index in [9.17, 15) is 13.2 Å². The number of anilines is 1. The Kier molecular flexibility index (Phi) is 6.33. The van der Waals surface area contributed by atoms with Crippen LogP contribution in [0.5, 0.6) is 0 Å². The van der Waals surface area contributed by atoms with Gasteiger partial charge in [0, 0.05) is 19.6 Å². The topological polar surface area (TPSA) is 91.4 Å². The van der Waals surface area contributed by atoms with Crippen LogP contribution in [0.4, 0.5) is 5.13 Å². The Hall–Kier alpha value is -2.01. The minimum absolute atomic E-state index is 0.161. The van der Waals surface area contributed by atoms with Gasteiger partial charge in [0.1, 0.15) is 4.83 Å². The molecule has 1 amide bonds. The third kappa shape index (κ3) is 4.35. The molecule has 0 aliphatic heterocycles. The molecule has 150 valence electrons. The molecule has 0 saturated heterocycles. The first-order chi connectivity index (χ1) is 13.4. The summed E-state index contributed by atoms with van der Waals surface area (Å²) in [6.07, 6.45) is 0. The summed E-state index contributed by atoms with van der Waals surface area (Å²) >= 11 is 2.98. The molecule has 0 radical (unpaired) electrons. The maximum Gasteiger partial charge on any atom is 0.261 e. The zero-order valence-corrected chi connectivity index (χ0v) is 18.3. The molecule has 28 heavy (non-hydrogen) atoms. The molecule has 7 nitrogen and oxygen atoms in total. The van der Waals surface area contributed by atoms with Crippen LogP contribution in [0.1, 0.15) is 29.1 Å². The Morgan fingerprint density at radius 3 is 2.39 bits per heavy atom. The van der Waals surface area contributed by atoms with E-state index in [2.05, 4.69) is 33.8 Å². The van der Waals surface area contributed by atoms with Crippen LogP contribution in [0.3, 0.4) is 0 Å². The number of benzene rings is 1. The minimum atomic E-state index is -3.46. The molecule has 10 heteroatoms. The van der Waals surface area contributed by atoms with Crippen molar-refractivity contribution in [3.05, 3.63) is 40.8 Å². The standard InChI is InChI=1S/C18H22N4O3S3/c1-4-22(5-2)18-21-17-15(27-18)10-14(26-17)16(23)20-11-12-6-8-13(9-7-12)28(24,25)19-3/h6-10,19H,4-5,11H2,1-3H3,(H,20,23). The molecule has 0 unspecified atom stereocenters. The number of sulfonamides is 1. The van der Waals surface area contributed by atoms with Crippen molar-refractivity contribution in [2.75, 3.05) is 25.0 Å². The van der Waals surface area contributed by atoms with Crippen molar-refractivity contribution < 1.29 is 13.2 Å². The Morgan fingerprint density at radius 2 is 1.82 bits per heavy atom. The van der Waals surface area contributed by atoms with Crippen molar-refractivity contribution in [3.8, 4) is 0 Å². The molecular weight excluding hydrogens is 416 g/mol. The Bertz CT molecular complexity index is 1040. The summed E-state index contributed by atoms with van der Waals surface area (Å²) in [5, 5.41) is 3.85. The van der Waals surface area contributed by atoms with E-state index >= 15 is 0 Å². The van der Waals surface area contributed by atoms with Gasteiger partial charge in [0.2, 0.25) is 10.0 Å². The fourth-order valence-corrected chi connectivity index (χ4v) is 5.62. The summed E-state index contributed by atoms with van der Waals surface area (Å²) in [4.78, 5) is 21.0. The van der Waals surface area contributed by atoms with Crippen molar-refractivity contribution in [2.24, 2.45) is 0 Å². The highest BCUT2D eigenvalue weighted by molar-refractivity contribution is 7.89. The molecule has 1 aromatic carbocycles. The van der Waals surface area contributed by atoms with Gasteiger partial charge in [0.15, 0.2) is 5.13 Å². The van der Waals surface area contributed by atoms with Gasteiger partial charge in [-0.05, 0) is 44.7 Å². The molecule has 2 N–H and O–H groups in total. The van der Waals surface area contributed by atoms with Crippen LogP contribution in [-0.2, 0) is 16.6 Å². The van der Waals surface area contributed by atoms with Gasteiger partial charge in [-0.25, -0.2) is 18.1 Å². The summed E-state index contributed by atoms with van der Waals surface area (Å²) in [5.41, 5.74) is 0.823. The van der Waals surface area contributed by atoms with Gasteiger partial charge in [0.25, 0.3) is 5.91 Å². The first-order valence-electron chi connectivity index (χ1n) is 8.84. The highest BCUT2D eigenvalue weighted by Crippen LogP contribution is 2.34. The van der Waals surface area contributed by atoms with Crippen molar-refractivity contribution in [1.82, 2.24) is 15.0 Å². The van der Waals surface area contributed by atoms with Crippen LogP contribution in [0.15, 0.2) is 35.2 Å². The molecule has 0 aliphatic carbocycles. The maximum atomic E-state index is 12.4. The zero-order valence-electron chi connectivity index (χ0n) is 15.9. The van der Waals surface area contributed by atoms with E-state index in [1.54, 1.807) is 23.5 Å². The van der Waals surface area contributed by atoms with Crippen LogP contribution in [0.2, 0.25) is 0 Å². The third-order valence-electron chi connectivity index (χ3n) is 4.29. The lowest BCUT2D eigenvalue weighted by Crippen LogP contribution is -2.22. The number of nitrogens with zero attached hydrogens (tertiary/aromatic N) is 2. The number of hydrogen-bond donors (Lipinski definition) is 2. The fourth-order valence-electron chi connectivity index (χ4n) is 2.64. The highest BCUT2D eigenvalue weighted by Gasteiger charge is 2.16. The van der Waals surface area contributed by atoms with E-state index in [0.29, 0.717) is 11.4 Å². The number of thiazole rings is 1. The SMILES string of the molecule is CCN(CC)c1nc2sc(C(=O)NCc3ccc(S(=O)(=O)NC)cc3)cc2s1. The molecule has 0 bridgehead atoms. The van der Waals surface area contributed by atoms with Crippen LogP contribution < -0.4 is 14.9 Å². The fraction of sp³-hybridized carbons (Fsp3) is 0.333. The summed E-state index contributed by atoms with van der Waals surface area (Å²) in [6, 6.07) is 8.30. The Balaban J connectivity index is 1.65. The maximum absolute atomic E-state index is 12.4. The van der Waals surface area contributed by atoms with Gasteiger partial charge >= 0.3 is 0 Å². The second kappa shape index (κ2) is 8.56. The summed E-state index contributed by atoms with van der Waals surface area (Å²) in [6.45, 7) is 6.32. The van der Waals surface area contributed by atoms with Gasteiger partial charge < -0.3 is 10.2 Å². The molecule has 0 saturated carbocycles. The quantitative estimate of drug-likeness (QED) is 0.564. The van der Waals surface area contributed by atoms with E-state index in [0.717, 1.165) is 33.3 Å². The number of amides is 1. The number of carbonyl (C=O) groups is 1. The predicted octanol–water partition coefficient (Wildman–Crippen LogP) is 3.04. The average Bonchev–Trinajstić information content (AvgIpc) is 3.27. The molecule has 0 spiro atoms. The Morgan fingerprint density at radius 1 is 1.14 bits per heavy atom. The summed E-state index contributed by atoms with van der Waals surface area (Å²) < 4.78 is 26.8. The lowest BCUT2D eigenvalue weighted by molar-refractivity contribution is 0.0955.